The van der Waals surface area contributed by atoms with Gasteiger partial charge in [-0.05, 0) is 32.2 Å². The molecule has 98 valence electrons. The number of carboxylic acids is 1. The first-order valence-electron chi connectivity index (χ1n) is 5.39. The Balaban J connectivity index is 3.01. The highest BCUT2D eigenvalue weighted by molar-refractivity contribution is 5.97. The number of anilines is 1. The van der Waals surface area contributed by atoms with E-state index in [4.69, 9.17) is 9.84 Å². The second kappa shape index (κ2) is 6.02. The summed E-state index contributed by atoms with van der Waals surface area (Å²) in [5.41, 5.74) is 0.424. The van der Waals surface area contributed by atoms with Crippen molar-refractivity contribution in [1.29, 1.82) is 0 Å². The lowest BCUT2D eigenvalue weighted by atomic mass is 10.1. The Labute approximate surface area is 105 Å². The maximum Gasteiger partial charge on any atom is 0.335 e. The molecular weight excluding hydrogens is 236 g/mol. The number of carbonyl (C=O) groups excluding carboxylic acids is 1. The lowest BCUT2D eigenvalue weighted by molar-refractivity contribution is -0.117. The summed E-state index contributed by atoms with van der Waals surface area (Å²) in [6.07, 6.45) is 0. The lowest BCUT2D eigenvalue weighted by Crippen LogP contribution is -2.35. The third-order valence-corrected chi connectivity index (χ3v) is 2.53. The molecule has 0 aliphatic carbocycles. The van der Waals surface area contributed by atoms with Gasteiger partial charge in [0.15, 0.2) is 0 Å². The van der Waals surface area contributed by atoms with Gasteiger partial charge in [-0.25, -0.2) is 4.79 Å². The van der Waals surface area contributed by atoms with Crippen LogP contribution in [0.3, 0.4) is 0 Å². The van der Waals surface area contributed by atoms with Gasteiger partial charge in [-0.3, -0.25) is 4.79 Å². The van der Waals surface area contributed by atoms with E-state index in [1.165, 1.54) is 25.3 Å². The van der Waals surface area contributed by atoms with Crippen molar-refractivity contribution >= 4 is 17.6 Å². The zero-order chi connectivity index (χ0) is 13.7. The standard InChI is InChI=1S/C12H16N2O4/c1-7(13-2)11(15)14-9-6-8(12(16)17)4-5-10(9)18-3/h4-7,13H,1-3H3,(H,14,15)(H,16,17). The Hall–Kier alpha value is -2.08. The van der Waals surface area contributed by atoms with Gasteiger partial charge in [0.2, 0.25) is 5.91 Å². The Kier molecular flexibility index (Phi) is 4.67. The lowest BCUT2D eigenvalue weighted by Gasteiger charge is -2.14. The van der Waals surface area contributed by atoms with Gasteiger partial charge in [0, 0.05) is 0 Å². The summed E-state index contributed by atoms with van der Waals surface area (Å²) in [5.74, 6) is -0.912. The normalized spacial score (nSPS) is 11.7. The van der Waals surface area contributed by atoms with E-state index in [-0.39, 0.29) is 17.5 Å². The van der Waals surface area contributed by atoms with Crippen molar-refractivity contribution in [3.8, 4) is 5.75 Å². The summed E-state index contributed by atoms with van der Waals surface area (Å²) in [5, 5.41) is 14.3. The molecule has 6 heteroatoms. The molecule has 0 aliphatic heterocycles. The summed E-state index contributed by atoms with van der Waals surface area (Å²) in [4.78, 5) is 22.6. The fourth-order valence-electron chi connectivity index (χ4n) is 1.31. The average molecular weight is 252 g/mol. The molecule has 0 saturated carbocycles. The molecule has 3 N–H and O–H groups in total. The van der Waals surface area contributed by atoms with Crippen LogP contribution in [0.1, 0.15) is 17.3 Å². The van der Waals surface area contributed by atoms with Gasteiger partial charge >= 0.3 is 5.97 Å². The van der Waals surface area contributed by atoms with E-state index < -0.39 is 5.97 Å². The zero-order valence-electron chi connectivity index (χ0n) is 10.5. The van der Waals surface area contributed by atoms with Crippen LogP contribution in [-0.4, -0.2) is 37.2 Å². The fourth-order valence-corrected chi connectivity index (χ4v) is 1.31. The smallest absolute Gasteiger partial charge is 0.335 e. The van der Waals surface area contributed by atoms with Crippen LogP contribution in [0, 0.1) is 0 Å². The van der Waals surface area contributed by atoms with Crippen LogP contribution in [0.5, 0.6) is 5.75 Å². The Morgan fingerprint density at radius 3 is 2.56 bits per heavy atom. The van der Waals surface area contributed by atoms with E-state index in [1.54, 1.807) is 14.0 Å². The van der Waals surface area contributed by atoms with Gasteiger partial charge in [0.05, 0.1) is 24.4 Å². The first-order valence-corrected chi connectivity index (χ1v) is 5.39. The van der Waals surface area contributed by atoms with Gasteiger partial charge in [-0.1, -0.05) is 0 Å². The average Bonchev–Trinajstić information content (AvgIpc) is 2.37. The number of aromatic carboxylic acids is 1. The molecule has 0 aromatic heterocycles. The van der Waals surface area contributed by atoms with Crippen LogP contribution in [0.15, 0.2) is 18.2 Å². The summed E-state index contributed by atoms with van der Waals surface area (Å²) >= 11 is 0. The highest BCUT2D eigenvalue weighted by atomic mass is 16.5. The molecule has 6 nitrogen and oxygen atoms in total. The van der Waals surface area contributed by atoms with Crippen LogP contribution < -0.4 is 15.4 Å². The minimum absolute atomic E-state index is 0.0863. The molecule has 0 saturated heterocycles. The maximum absolute atomic E-state index is 11.7. The minimum atomic E-state index is -1.06. The van der Waals surface area contributed by atoms with Crippen LogP contribution in [0.2, 0.25) is 0 Å². The van der Waals surface area contributed by atoms with Crippen molar-refractivity contribution in [3.63, 3.8) is 0 Å². The van der Waals surface area contributed by atoms with Gasteiger partial charge in [-0.2, -0.15) is 0 Å². The number of hydrogen-bond donors (Lipinski definition) is 3. The number of carboxylic acid groups (broad SMARTS) is 1. The predicted molar refractivity (Wildman–Crippen MR) is 67.1 cm³/mol. The van der Waals surface area contributed by atoms with E-state index in [2.05, 4.69) is 10.6 Å². The second-order valence-corrected chi connectivity index (χ2v) is 3.72. The molecular formula is C12H16N2O4. The Morgan fingerprint density at radius 2 is 2.06 bits per heavy atom. The minimum Gasteiger partial charge on any atom is -0.495 e. The molecule has 1 unspecified atom stereocenters. The van der Waals surface area contributed by atoms with Gasteiger partial charge in [-0.15, -0.1) is 0 Å². The van der Waals surface area contributed by atoms with E-state index in [1.807, 2.05) is 0 Å². The van der Waals surface area contributed by atoms with Crippen molar-refractivity contribution in [2.45, 2.75) is 13.0 Å². The summed E-state index contributed by atoms with van der Waals surface area (Å²) in [7, 11) is 3.11. The van der Waals surface area contributed by atoms with Crippen LogP contribution >= 0.6 is 0 Å². The van der Waals surface area contributed by atoms with E-state index in [0.29, 0.717) is 11.4 Å². The van der Waals surface area contributed by atoms with E-state index in [0.717, 1.165) is 0 Å². The van der Waals surface area contributed by atoms with Crippen molar-refractivity contribution in [2.24, 2.45) is 0 Å². The molecule has 1 aromatic rings. The monoisotopic (exact) mass is 252 g/mol. The van der Waals surface area contributed by atoms with E-state index >= 15 is 0 Å². The molecule has 18 heavy (non-hydrogen) atoms. The molecule has 0 radical (unpaired) electrons. The van der Waals surface area contributed by atoms with Gasteiger partial charge < -0.3 is 20.5 Å². The van der Waals surface area contributed by atoms with Crippen molar-refractivity contribution < 1.29 is 19.4 Å². The molecule has 1 amide bonds. The largest absolute Gasteiger partial charge is 0.495 e. The second-order valence-electron chi connectivity index (χ2n) is 3.72. The Bertz CT molecular complexity index is 459. The quantitative estimate of drug-likeness (QED) is 0.726. The van der Waals surface area contributed by atoms with Crippen molar-refractivity contribution in [3.05, 3.63) is 23.8 Å². The molecule has 0 fully saturated rings. The number of hydrogen-bond acceptors (Lipinski definition) is 4. The number of amides is 1. The molecule has 1 aromatic carbocycles. The van der Waals surface area contributed by atoms with Crippen LogP contribution in [-0.2, 0) is 4.79 Å². The number of rotatable bonds is 5. The maximum atomic E-state index is 11.7. The first kappa shape index (κ1) is 14.0. The number of methoxy groups -OCH3 is 1. The number of carbonyl (C=O) groups is 2. The van der Waals surface area contributed by atoms with Crippen molar-refractivity contribution in [1.82, 2.24) is 5.32 Å². The molecule has 0 spiro atoms. The topological polar surface area (TPSA) is 87.7 Å². The highest BCUT2D eigenvalue weighted by Crippen LogP contribution is 2.25. The first-order chi connectivity index (χ1) is 8.49. The van der Waals surface area contributed by atoms with Crippen LogP contribution in [0.4, 0.5) is 5.69 Å². The summed E-state index contributed by atoms with van der Waals surface area (Å²) in [6.45, 7) is 1.70. The third kappa shape index (κ3) is 3.21. The van der Waals surface area contributed by atoms with Crippen molar-refractivity contribution in [2.75, 3.05) is 19.5 Å². The predicted octanol–water partition coefficient (Wildman–Crippen LogP) is 0.940. The molecule has 1 rings (SSSR count). The number of likely N-dealkylation sites (N-methyl/N-ethyl adjacent to an activating group) is 1. The summed E-state index contributed by atoms with van der Waals surface area (Å²) in [6, 6.07) is 3.89. The zero-order valence-corrected chi connectivity index (χ0v) is 10.5. The fraction of sp³-hybridized carbons (Fsp3) is 0.333. The number of nitrogens with one attached hydrogen (secondary N) is 2. The number of ether oxygens (including phenoxy) is 1. The molecule has 1 atom stereocenters. The third-order valence-electron chi connectivity index (χ3n) is 2.53. The molecule has 0 bridgehead atoms. The van der Waals surface area contributed by atoms with Gasteiger partial charge in [0.25, 0.3) is 0 Å². The molecule has 0 aliphatic rings. The highest BCUT2D eigenvalue weighted by Gasteiger charge is 2.14. The van der Waals surface area contributed by atoms with Crippen LogP contribution in [0.25, 0.3) is 0 Å². The SMILES string of the molecule is CNC(C)C(=O)Nc1cc(C(=O)O)ccc1OC. The summed E-state index contributed by atoms with van der Waals surface area (Å²) < 4.78 is 5.07. The number of benzene rings is 1. The van der Waals surface area contributed by atoms with Gasteiger partial charge in [0.1, 0.15) is 5.75 Å². The van der Waals surface area contributed by atoms with E-state index in [9.17, 15) is 9.59 Å². The molecule has 0 heterocycles. The Morgan fingerprint density at radius 1 is 1.39 bits per heavy atom.